The van der Waals surface area contributed by atoms with Gasteiger partial charge in [0.05, 0.1) is 4.11 Å². The van der Waals surface area contributed by atoms with Gasteiger partial charge >= 0.3 is 0 Å². The van der Waals surface area contributed by atoms with Gasteiger partial charge < -0.3 is 11.5 Å². The van der Waals surface area contributed by atoms with E-state index in [9.17, 15) is 0 Å². The fourth-order valence-corrected chi connectivity index (χ4v) is 1.16. The smallest absolute Gasteiger partial charge is 0.156 e. The summed E-state index contributed by atoms with van der Waals surface area (Å²) < 4.78 is 37.8. The molecule has 0 saturated carbocycles. The van der Waals surface area contributed by atoms with Gasteiger partial charge in [-0.25, -0.2) is 0 Å². The lowest BCUT2D eigenvalue weighted by atomic mass is 10.1. The molecule has 70 valence electrons. The van der Waals surface area contributed by atoms with E-state index in [0.29, 0.717) is 16.8 Å². The molecular formula is C12H12N2. The number of rotatable bonds is 2. The summed E-state index contributed by atoms with van der Waals surface area (Å²) in [6.07, 6.45) is 0. The molecule has 0 saturated heterocycles. The zero-order chi connectivity index (χ0) is 14.2. The Morgan fingerprint density at radius 2 is 1.64 bits per heavy atom. The Labute approximate surface area is 90.3 Å². The quantitative estimate of drug-likeness (QED) is 0.713. The second kappa shape index (κ2) is 3.42. The number of hydrogen-bond donors (Lipinski definition) is 2. The van der Waals surface area contributed by atoms with Gasteiger partial charge in [-0.2, -0.15) is 0 Å². The summed E-state index contributed by atoms with van der Waals surface area (Å²) in [7, 11) is 0. The van der Waals surface area contributed by atoms with Crippen molar-refractivity contribution < 1.29 is 6.94 Å². The molecule has 2 nitrogen and oxygen atoms in total. The first-order valence-electron chi connectivity index (χ1n) is 6.56. The largest absolute Gasteiger partial charge is 0.399 e. The van der Waals surface area contributed by atoms with E-state index in [1.54, 1.807) is 24.3 Å². The van der Waals surface area contributed by atoms with Crippen molar-refractivity contribution in [3.8, 4) is 11.1 Å². The molecule has 0 aliphatic carbocycles. The van der Waals surface area contributed by atoms with Gasteiger partial charge in [0, 0.05) is 11.4 Å². The van der Waals surface area contributed by atoms with Crippen molar-refractivity contribution in [2.45, 2.75) is 0 Å². The van der Waals surface area contributed by atoms with Crippen LogP contribution in [0.1, 0.15) is 4.11 Å². The molecule has 0 amide bonds. The molecule has 2 heteroatoms. The van der Waals surface area contributed by atoms with Crippen LogP contribution >= 0.6 is 0 Å². The van der Waals surface area contributed by atoms with Crippen LogP contribution in [-0.4, -0.2) is 0 Å². The molecule has 4 N–H and O–H groups in total. The van der Waals surface area contributed by atoms with E-state index in [2.05, 4.69) is 0 Å². The van der Waals surface area contributed by atoms with E-state index >= 15 is 0 Å². The van der Waals surface area contributed by atoms with Crippen LogP contribution in [0.3, 0.4) is 0 Å². The minimum Gasteiger partial charge on any atom is -0.399 e. The van der Waals surface area contributed by atoms with Gasteiger partial charge in [0.15, 0.2) is 2.82 Å². The van der Waals surface area contributed by atoms with Gasteiger partial charge in [-0.3, -0.25) is 0 Å². The van der Waals surface area contributed by atoms with Crippen molar-refractivity contribution in [2.75, 3.05) is 11.5 Å². The predicted molar refractivity (Wildman–Crippen MR) is 60.7 cm³/mol. The second-order valence-corrected chi connectivity index (χ2v) is 2.92. The third kappa shape index (κ3) is 1.69. The molecule has 0 bridgehead atoms. The van der Waals surface area contributed by atoms with E-state index in [4.69, 9.17) is 12.7 Å². The Kier molecular flexibility index (Phi) is 1.10. The summed E-state index contributed by atoms with van der Waals surface area (Å²) in [6.45, 7) is 0. The third-order valence-corrected chi connectivity index (χ3v) is 1.89. The Morgan fingerprint density at radius 3 is 2.36 bits per heavy atom. The lowest BCUT2D eigenvalue weighted by molar-refractivity contribution is 1.61. The first-order valence-corrected chi connectivity index (χ1v) is 4.16. The summed E-state index contributed by atoms with van der Waals surface area (Å²) in [5.41, 5.74) is 7.26. The van der Waals surface area contributed by atoms with Crippen LogP contribution < -0.4 is 11.5 Å². The highest BCUT2D eigenvalue weighted by Crippen LogP contribution is 2.21. The van der Waals surface area contributed by atoms with Crippen LogP contribution in [0.15, 0.2) is 48.5 Å². The van der Waals surface area contributed by atoms with Crippen LogP contribution in [0, 0.1) is 0 Å². The Morgan fingerprint density at radius 1 is 0.857 bits per heavy atom. The molecule has 0 radical (unpaired) electrons. The first-order chi connectivity index (χ1) is 8.91. The topological polar surface area (TPSA) is 52.0 Å². The molecule has 0 atom stereocenters. The fourth-order valence-electron chi connectivity index (χ4n) is 1.16. The third-order valence-electron chi connectivity index (χ3n) is 1.89. The average Bonchev–Trinajstić information content (AvgIpc) is 2.34. The van der Waals surface area contributed by atoms with Gasteiger partial charge in [0.1, 0.15) is 0 Å². The average molecular weight is 189 g/mol. The van der Waals surface area contributed by atoms with E-state index in [-0.39, 0.29) is 29.5 Å². The summed E-state index contributed by atoms with van der Waals surface area (Å²) in [6, 6.07) is 7.62. The van der Waals surface area contributed by atoms with Crippen LogP contribution in [0.2, 0.25) is 2.82 Å². The molecule has 0 aromatic heterocycles. The maximum atomic E-state index is 7.92. The first kappa shape index (κ1) is 4.51. The molecule has 2 rings (SSSR count). The van der Waals surface area contributed by atoms with Gasteiger partial charge in [-0.1, -0.05) is 24.2 Å². The molecular weight excluding hydrogens is 172 g/mol. The number of nitrogen functional groups attached to an aromatic ring is 2. The molecule has 0 fully saturated rings. The number of benzene rings is 2. The number of hydrogen-bond acceptors (Lipinski definition) is 2. The van der Waals surface area contributed by atoms with Gasteiger partial charge in [-0.15, -0.1) is 0 Å². The zero-order valence-electron chi connectivity index (χ0n) is 12.4. The van der Waals surface area contributed by atoms with Crippen LogP contribution in [-0.2, 0) is 0 Å². The number of nitrogens with two attached hydrogens (primary N) is 2. The van der Waals surface area contributed by atoms with Crippen molar-refractivity contribution in [1.29, 1.82) is 0 Å². The van der Waals surface area contributed by atoms with E-state index in [0.717, 1.165) is 0 Å². The summed E-state index contributed by atoms with van der Waals surface area (Å²) in [5, 5.41) is 0. The van der Waals surface area contributed by atoms with Gasteiger partial charge in [-0.05, 0) is 35.3 Å². The van der Waals surface area contributed by atoms with Crippen LogP contribution in [0.25, 0.3) is 11.1 Å². The highest BCUT2D eigenvalue weighted by atomic mass is 14.5. The zero-order valence-corrected chi connectivity index (χ0v) is 7.41. The Hall–Kier alpha value is -1.96. The molecule has 0 spiro atoms. The fraction of sp³-hybridized carbons (Fsp3) is 0. The Balaban J connectivity index is 2.63. The van der Waals surface area contributed by atoms with E-state index in [1.165, 1.54) is 6.07 Å². The van der Waals surface area contributed by atoms with Crippen molar-refractivity contribution in [3.05, 3.63) is 48.5 Å². The number of anilines is 2. The lowest BCUT2D eigenvalue weighted by Crippen LogP contribution is -1.85. The standard InChI is InChI=1S/C12H12N2/c13-11-5-1-9(2-6-11)10-3-7-12(14)8-4-10/h1-8H,13-14H2/i1D,5D,6D/hD2. The molecule has 2 aromatic rings. The minimum atomic E-state index is -0.302. The molecule has 0 aliphatic heterocycles. The van der Waals surface area contributed by atoms with Crippen molar-refractivity contribution in [3.63, 3.8) is 0 Å². The van der Waals surface area contributed by atoms with E-state index < -0.39 is 0 Å². The van der Waals surface area contributed by atoms with Crippen molar-refractivity contribution in [1.82, 2.24) is 0 Å². The Bertz CT molecular complexity index is 611. The van der Waals surface area contributed by atoms with E-state index in [1.807, 2.05) is 0 Å². The van der Waals surface area contributed by atoms with Crippen LogP contribution in [0.5, 0.6) is 0 Å². The molecule has 0 heterocycles. The van der Waals surface area contributed by atoms with Crippen molar-refractivity contribution in [2.24, 2.45) is 0 Å². The SMILES string of the molecule is [2H]c1cc(-c2ccc(N)cc2)c([2H])c([2H])c1N([2H])[2H]. The van der Waals surface area contributed by atoms with Gasteiger partial charge in [0.25, 0.3) is 0 Å². The second-order valence-electron chi connectivity index (χ2n) is 2.92. The minimum absolute atomic E-state index is 0.111. The maximum Gasteiger partial charge on any atom is 0.156 e. The molecule has 0 unspecified atom stereocenters. The monoisotopic (exact) mass is 189 g/mol. The highest BCUT2D eigenvalue weighted by molar-refractivity contribution is 5.67. The van der Waals surface area contributed by atoms with Crippen LogP contribution in [0.4, 0.5) is 11.4 Å². The summed E-state index contributed by atoms with van der Waals surface area (Å²) >= 11 is 0. The summed E-state index contributed by atoms with van der Waals surface area (Å²) in [5.74, 6) is 0. The normalized spacial score (nSPS) is 14.7. The maximum absolute atomic E-state index is 7.92. The van der Waals surface area contributed by atoms with Gasteiger partial charge in [0.2, 0.25) is 0 Å². The molecule has 0 aliphatic rings. The lowest BCUT2D eigenvalue weighted by Gasteiger charge is -2.02. The summed E-state index contributed by atoms with van der Waals surface area (Å²) in [4.78, 5) is 0. The molecule has 14 heavy (non-hydrogen) atoms. The molecule has 2 aromatic carbocycles. The highest BCUT2D eigenvalue weighted by Gasteiger charge is 1.95. The van der Waals surface area contributed by atoms with Crippen molar-refractivity contribution >= 4 is 11.4 Å². The predicted octanol–water partition coefficient (Wildman–Crippen LogP) is 2.52.